The summed E-state index contributed by atoms with van der Waals surface area (Å²) in [5, 5.41) is 8.18. The van der Waals surface area contributed by atoms with Gasteiger partial charge in [-0.15, -0.1) is 0 Å². The zero-order valence-corrected chi connectivity index (χ0v) is 12.2. The number of amides is 1. The van der Waals surface area contributed by atoms with Gasteiger partial charge in [0.25, 0.3) is 0 Å². The maximum absolute atomic E-state index is 11.8. The minimum Gasteiger partial charge on any atom is -0.398 e. The first-order valence-corrected chi connectivity index (χ1v) is 6.71. The molecule has 0 bridgehead atoms. The van der Waals surface area contributed by atoms with Gasteiger partial charge in [-0.2, -0.15) is 0 Å². The lowest BCUT2D eigenvalue weighted by Crippen LogP contribution is -2.00. The maximum atomic E-state index is 11.8. The van der Waals surface area contributed by atoms with Crippen molar-refractivity contribution in [3.63, 3.8) is 0 Å². The van der Waals surface area contributed by atoms with Gasteiger partial charge in [-0.1, -0.05) is 35.9 Å². The Bertz CT molecular complexity index is 706. The zero-order valence-electron chi connectivity index (χ0n) is 11.4. The summed E-state index contributed by atoms with van der Waals surface area (Å²) >= 11 is 5.82. The van der Waals surface area contributed by atoms with Crippen molar-refractivity contribution in [3.8, 4) is 0 Å². The molecular formula is C15H14ClN4O+. The summed E-state index contributed by atoms with van der Waals surface area (Å²) in [7, 11) is 0. The van der Waals surface area contributed by atoms with E-state index in [0.717, 1.165) is 5.56 Å². The van der Waals surface area contributed by atoms with E-state index in [9.17, 15) is 4.79 Å². The van der Waals surface area contributed by atoms with E-state index < -0.39 is 5.91 Å². The highest BCUT2D eigenvalue weighted by Gasteiger charge is 2.13. The van der Waals surface area contributed by atoms with E-state index in [2.05, 4.69) is 15.1 Å². The Kier molecular flexibility index (Phi) is 4.82. The second kappa shape index (κ2) is 6.79. The largest absolute Gasteiger partial charge is 0.398 e. The topological polar surface area (TPSA) is 81.9 Å². The first-order valence-electron chi connectivity index (χ1n) is 6.33. The number of carbonyl (C=O) groups excluding carboxylic acids is 1. The van der Waals surface area contributed by atoms with Crippen molar-refractivity contribution in [3.05, 3.63) is 64.7 Å². The molecule has 21 heavy (non-hydrogen) atoms. The molecule has 0 aromatic heterocycles. The third kappa shape index (κ3) is 3.99. The number of nitrogens with zero attached hydrogens (tertiary/aromatic N) is 3. The molecule has 5 nitrogen and oxygen atoms in total. The SMILES string of the molecule is C[C@@H](N=[N+]=NC(=O)c1ccccc1N)c1ccc(Cl)cc1. The quantitative estimate of drug-likeness (QED) is 0.531. The molecule has 2 aromatic carbocycles. The predicted molar refractivity (Wildman–Crippen MR) is 82.0 cm³/mol. The molecule has 2 N–H and O–H groups in total. The summed E-state index contributed by atoms with van der Waals surface area (Å²) in [4.78, 5) is 15.4. The number of nitrogen functional groups attached to an aromatic ring is 1. The van der Waals surface area contributed by atoms with Crippen molar-refractivity contribution in [2.75, 3.05) is 5.73 Å². The molecule has 0 aliphatic rings. The molecule has 106 valence electrons. The third-order valence-corrected chi connectivity index (χ3v) is 3.16. The molecule has 0 fully saturated rings. The van der Waals surface area contributed by atoms with E-state index in [4.69, 9.17) is 17.3 Å². The number of hydrogen-bond donors (Lipinski definition) is 1. The van der Waals surface area contributed by atoms with E-state index in [1.807, 2.05) is 19.1 Å². The number of halogens is 1. The molecule has 0 spiro atoms. The molecule has 2 aromatic rings. The van der Waals surface area contributed by atoms with Gasteiger partial charge in [-0.25, -0.2) is 0 Å². The van der Waals surface area contributed by atoms with Crippen molar-refractivity contribution in [1.82, 2.24) is 4.91 Å². The van der Waals surface area contributed by atoms with Crippen LogP contribution in [0.4, 0.5) is 5.69 Å². The fraction of sp³-hybridized carbons (Fsp3) is 0.133. The summed E-state index contributed by atoms with van der Waals surface area (Å²) in [5.41, 5.74) is 7.31. The molecule has 0 unspecified atom stereocenters. The smallest absolute Gasteiger partial charge is 0.362 e. The predicted octanol–water partition coefficient (Wildman–Crippen LogP) is 3.80. The Morgan fingerprint density at radius 3 is 2.52 bits per heavy atom. The number of para-hydroxylation sites is 1. The van der Waals surface area contributed by atoms with Gasteiger partial charge in [-0.05, 0) is 36.8 Å². The number of benzene rings is 2. The molecule has 0 aliphatic carbocycles. The van der Waals surface area contributed by atoms with Crippen molar-refractivity contribution in [2.45, 2.75) is 13.0 Å². The zero-order chi connectivity index (χ0) is 15.2. The molecule has 1 atom stereocenters. The standard InChI is InChI=1S/C15H13ClN4O/c1-10(11-6-8-12(16)9-7-11)18-20-19-15(21)13-4-2-3-5-14(13)17/h2-10H,1H3,(H-,17,21)/p+1/t10-/m1/s1. The number of anilines is 1. The van der Waals surface area contributed by atoms with Crippen molar-refractivity contribution in [2.24, 2.45) is 10.2 Å². The van der Waals surface area contributed by atoms with Crippen LogP contribution in [0.25, 0.3) is 0 Å². The maximum Gasteiger partial charge on any atom is 0.362 e. The first kappa shape index (κ1) is 14.9. The Hall–Kier alpha value is -2.49. The van der Waals surface area contributed by atoms with Crippen LogP contribution in [0, 0.1) is 0 Å². The minimum atomic E-state index is -0.514. The highest BCUT2D eigenvalue weighted by atomic mass is 35.5. The molecule has 0 radical (unpaired) electrons. The Balaban J connectivity index is 2.11. The van der Waals surface area contributed by atoms with Crippen LogP contribution >= 0.6 is 11.6 Å². The van der Waals surface area contributed by atoms with Crippen LogP contribution in [0.1, 0.15) is 28.9 Å². The lowest BCUT2D eigenvalue weighted by atomic mass is 10.1. The fourth-order valence-electron chi connectivity index (χ4n) is 1.70. The van der Waals surface area contributed by atoms with E-state index in [1.165, 1.54) is 0 Å². The Morgan fingerprint density at radius 1 is 1.19 bits per heavy atom. The van der Waals surface area contributed by atoms with Gasteiger partial charge in [0, 0.05) is 10.7 Å². The summed E-state index contributed by atoms with van der Waals surface area (Å²) in [6, 6.07) is 13.7. The van der Waals surface area contributed by atoms with Crippen molar-refractivity contribution in [1.29, 1.82) is 0 Å². The summed E-state index contributed by atoms with van der Waals surface area (Å²) in [6.45, 7) is 1.85. The van der Waals surface area contributed by atoms with Crippen LogP contribution in [-0.2, 0) is 0 Å². The van der Waals surface area contributed by atoms with Crippen LogP contribution in [0.2, 0.25) is 5.02 Å². The average Bonchev–Trinajstić information content (AvgIpc) is 2.48. The number of rotatable bonds is 3. The highest BCUT2D eigenvalue weighted by Crippen LogP contribution is 2.18. The summed E-state index contributed by atoms with van der Waals surface area (Å²) < 4.78 is 0. The molecule has 0 saturated heterocycles. The van der Waals surface area contributed by atoms with E-state index in [0.29, 0.717) is 16.3 Å². The Morgan fingerprint density at radius 2 is 1.86 bits per heavy atom. The second-order valence-corrected chi connectivity index (χ2v) is 4.86. The first-order chi connectivity index (χ1) is 10.1. The molecule has 6 heteroatoms. The van der Waals surface area contributed by atoms with Crippen molar-refractivity contribution >= 4 is 23.2 Å². The van der Waals surface area contributed by atoms with Gasteiger partial charge in [0.1, 0.15) is 5.11 Å². The fourth-order valence-corrected chi connectivity index (χ4v) is 1.82. The normalized spacial score (nSPS) is 11.3. The van der Waals surface area contributed by atoms with Gasteiger partial charge >= 0.3 is 5.91 Å². The number of hydrogen-bond acceptors (Lipinski definition) is 3. The summed E-state index contributed by atoms with van der Waals surface area (Å²) in [6.07, 6.45) is 0. The number of carbonyl (C=O) groups is 1. The average molecular weight is 302 g/mol. The molecule has 1 amide bonds. The monoisotopic (exact) mass is 301 g/mol. The lowest BCUT2D eigenvalue weighted by molar-refractivity contribution is 0.0993. The lowest BCUT2D eigenvalue weighted by Gasteiger charge is -1.98. The summed E-state index contributed by atoms with van der Waals surface area (Å²) in [5.74, 6) is -0.514. The van der Waals surface area contributed by atoms with Gasteiger partial charge in [0.15, 0.2) is 6.04 Å². The van der Waals surface area contributed by atoms with Crippen LogP contribution in [-0.4, -0.2) is 5.91 Å². The second-order valence-electron chi connectivity index (χ2n) is 4.42. The number of nitrogens with two attached hydrogens (primary N) is 1. The minimum absolute atomic E-state index is 0.216. The van der Waals surface area contributed by atoms with Crippen LogP contribution in [0.3, 0.4) is 0 Å². The third-order valence-electron chi connectivity index (χ3n) is 2.90. The van der Waals surface area contributed by atoms with Gasteiger partial charge in [-0.3, -0.25) is 4.79 Å². The van der Waals surface area contributed by atoms with Crippen LogP contribution < -0.4 is 10.6 Å². The molecule has 2 rings (SSSR count). The van der Waals surface area contributed by atoms with Crippen LogP contribution in [0.15, 0.2) is 58.8 Å². The van der Waals surface area contributed by atoms with Gasteiger partial charge in [0.05, 0.1) is 5.56 Å². The van der Waals surface area contributed by atoms with E-state index in [1.54, 1.807) is 36.4 Å². The molecule has 0 saturated carbocycles. The van der Waals surface area contributed by atoms with E-state index >= 15 is 0 Å². The van der Waals surface area contributed by atoms with Crippen LogP contribution in [0.5, 0.6) is 0 Å². The van der Waals surface area contributed by atoms with E-state index in [-0.39, 0.29) is 6.04 Å². The highest BCUT2D eigenvalue weighted by molar-refractivity contribution is 6.30. The van der Waals surface area contributed by atoms with Gasteiger partial charge in [0.2, 0.25) is 10.0 Å². The Labute approximate surface area is 127 Å². The van der Waals surface area contributed by atoms with Gasteiger partial charge < -0.3 is 5.73 Å². The molecule has 0 heterocycles. The molecular weight excluding hydrogens is 288 g/mol. The molecule has 0 aliphatic heterocycles. The van der Waals surface area contributed by atoms with Crippen molar-refractivity contribution < 1.29 is 4.79 Å².